The van der Waals surface area contributed by atoms with Crippen molar-refractivity contribution in [1.29, 1.82) is 0 Å². The van der Waals surface area contributed by atoms with Crippen LogP contribution >= 0.6 is 27.5 Å². The smallest absolute Gasteiger partial charge is 0.139 e. The van der Waals surface area contributed by atoms with Crippen LogP contribution in [0.4, 0.5) is 4.39 Å². The molecule has 0 aromatic heterocycles. The first-order chi connectivity index (χ1) is 9.10. The minimum atomic E-state index is -0.399. The van der Waals surface area contributed by atoms with Crippen molar-refractivity contribution >= 4 is 27.5 Å². The maximum Gasteiger partial charge on any atom is 0.139 e. The van der Waals surface area contributed by atoms with Gasteiger partial charge in [-0.15, -0.1) is 0 Å². The molecule has 0 aliphatic heterocycles. The zero-order valence-electron chi connectivity index (χ0n) is 9.95. The SMILES string of the molecule is NCC(Oc1ccc(F)cc1Cl)c1cccc(Br)c1. The molecule has 1 atom stereocenters. The highest BCUT2D eigenvalue weighted by Crippen LogP contribution is 2.30. The van der Waals surface area contributed by atoms with Crippen LogP contribution in [0.2, 0.25) is 5.02 Å². The van der Waals surface area contributed by atoms with Gasteiger partial charge in [0.1, 0.15) is 17.7 Å². The summed E-state index contributed by atoms with van der Waals surface area (Å²) in [6, 6.07) is 11.7. The second kappa shape index (κ2) is 6.37. The highest BCUT2D eigenvalue weighted by atomic mass is 79.9. The molecular weight excluding hydrogens is 333 g/mol. The highest BCUT2D eigenvalue weighted by molar-refractivity contribution is 9.10. The maximum absolute atomic E-state index is 13.0. The van der Waals surface area contributed by atoms with E-state index in [2.05, 4.69) is 15.9 Å². The lowest BCUT2D eigenvalue weighted by Crippen LogP contribution is -2.18. The summed E-state index contributed by atoms with van der Waals surface area (Å²) in [5.74, 6) is 0.0163. The van der Waals surface area contributed by atoms with Gasteiger partial charge >= 0.3 is 0 Å². The van der Waals surface area contributed by atoms with Crippen molar-refractivity contribution in [3.05, 3.63) is 63.3 Å². The van der Waals surface area contributed by atoms with E-state index in [0.29, 0.717) is 12.3 Å². The van der Waals surface area contributed by atoms with Crippen molar-refractivity contribution in [2.24, 2.45) is 5.73 Å². The van der Waals surface area contributed by atoms with Gasteiger partial charge in [0, 0.05) is 11.0 Å². The van der Waals surface area contributed by atoms with Gasteiger partial charge in [-0.25, -0.2) is 4.39 Å². The molecule has 100 valence electrons. The van der Waals surface area contributed by atoms with E-state index in [9.17, 15) is 4.39 Å². The third-order valence-corrected chi connectivity index (χ3v) is 3.39. The molecule has 0 aliphatic rings. The molecule has 2 aromatic carbocycles. The molecule has 0 saturated heterocycles. The largest absolute Gasteiger partial charge is 0.483 e. The van der Waals surface area contributed by atoms with Gasteiger partial charge in [-0.3, -0.25) is 0 Å². The average molecular weight is 345 g/mol. The first-order valence-corrected chi connectivity index (χ1v) is 6.84. The number of rotatable bonds is 4. The van der Waals surface area contributed by atoms with Crippen LogP contribution in [0.1, 0.15) is 11.7 Å². The number of nitrogens with two attached hydrogens (primary N) is 1. The molecule has 0 heterocycles. The van der Waals surface area contributed by atoms with Crippen molar-refractivity contribution in [3.63, 3.8) is 0 Å². The van der Waals surface area contributed by atoms with E-state index >= 15 is 0 Å². The fourth-order valence-corrected chi connectivity index (χ4v) is 2.31. The quantitative estimate of drug-likeness (QED) is 0.896. The van der Waals surface area contributed by atoms with Gasteiger partial charge < -0.3 is 10.5 Å². The molecule has 2 nitrogen and oxygen atoms in total. The molecule has 0 bridgehead atoms. The fraction of sp³-hybridized carbons (Fsp3) is 0.143. The van der Waals surface area contributed by atoms with Gasteiger partial charge in [0.2, 0.25) is 0 Å². The third kappa shape index (κ3) is 3.69. The summed E-state index contributed by atoms with van der Waals surface area (Å²) in [7, 11) is 0. The van der Waals surface area contributed by atoms with Crippen LogP contribution < -0.4 is 10.5 Å². The first kappa shape index (κ1) is 14.3. The molecule has 5 heteroatoms. The number of halogens is 3. The number of benzene rings is 2. The van der Waals surface area contributed by atoms with Crippen LogP contribution in [-0.4, -0.2) is 6.54 Å². The molecule has 2 aromatic rings. The molecule has 1 unspecified atom stereocenters. The van der Waals surface area contributed by atoms with Crippen LogP contribution in [0.5, 0.6) is 5.75 Å². The summed E-state index contributed by atoms with van der Waals surface area (Å²) >= 11 is 9.33. The van der Waals surface area contributed by atoms with E-state index in [-0.39, 0.29) is 11.1 Å². The Labute approximate surface area is 124 Å². The Morgan fingerprint density at radius 3 is 2.68 bits per heavy atom. The zero-order valence-corrected chi connectivity index (χ0v) is 12.3. The van der Waals surface area contributed by atoms with Crippen LogP contribution in [0.3, 0.4) is 0 Å². The Bertz CT molecular complexity index is 579. The van der Waals surface area contributed by atoms with Crippen molar-refractivity contribution in [2.75, 3.05) is 6.54 Å². The van der Waals surface area contributed by atoms with Gasteiger partial charge in [0.05, 0.1) is 5.02 Å². The third-order valence-electron chi connectivity index (χ3n) is 2.60. The molecule has 2 N–H and O–H groups in total. The molecule has 0 aliphatic carbocycles. The summed E-state index contributed by atoms with van der Waals surface area (Å²) in [6.45, 7) is 0.296. The minimum Gasteiger partial charge on any atom is -0.483 e. The van der Waals surface area contributed by atoms with Crippen LogP contribution in [-0.2, 0) is 0 Å². The Morgan fingerprint density at radius 2 is 2.05 bits per heavy atom. The Balaban J connectivity index is 2.24. The molecule has 19 heavy (non-hydrogen) atoms. The predicted molar refractivity (Wildman–Crippen MR) is 78.0 cm³/mol. The lowest BCUT2D eigenvalue weighted by atomic mass is 10.1. The monoisotopic (exact) mass is 343 g/mol. The molecular formula is C14H12BrClFNO. The Hall–Kier alpha value is -1.10. The van der Waals surface area contributed by atoms with E-state index in [0.717, 1.165) is 10.0 Å². The molecule has 0 spiro atoms. The first-order valence-electron chi connectivity index (χ1n) is 5.67. The number of hydrogen-bond acceptors (Lipinski definition) is 2. The number of hydrogen-bond donors (Lipinski definition) is 1. The fourth-order valence-electron chi connectivity index (χ4n) is 1.68. The van der Waals surface area contributed by atoms with E-state index in [1.807, 2.05) is 24.3 Å². The van der Waals surface area contributed by atoms with Crippen LogP contribution in [0, 0.1) is 5.82 Å². The Kier molecular flexibility index (Phi) is 4.80. The Morgan fingerprint density at radius 1 is 1.26 bits per heavy atom. The number of ether oxygens (including phenoxy) is 1. The molecule has 0 radical (unpaired) electrons. The van der Waals surface area contributed by atoms with Gasteiger partial charge in [0.15, 0.2) is 0 Å². The van der Waals surface area contributed by atoms with Gasteiger partial charge in [0.25, 0.3) is 0 Å². The average Bonchev–Trinajstić information content (AvgIpc) is 2.38. The van der Waals surface area contributed by atoms with Gasteiger partial charge in [-0.1, -0.05) is 39.7 Å². The summed E-state index contributed by atoms with van der Waals surface area (Å²) < 4.78 is 19.7. The van der Waals surface area contributed by atoms with Crippen LogP contribution in [0.25, 0.3) is 0 Å². The summed E-state index contributed by atoms with van der Waals surface area (Å²) in [6.07, 6.45) is -0.333. The summed E-state index contributed by atoms with van der Waals surface area (Å²) in [5, 5.41) is 0.230. The molecule has 0 fully saturated rings. The summed E-state index contributed by atoms with van der Waals surface area (Å²) in [4.78, 5) is 0. The van der Waals surface area contributed by atoms with Crippen molar-refractivity contribution in [1.82, 2.24) is 0 Å². The maximum atomic E-state index is 13.0. The minimum absolute atomic E-state index is 0.230. The lowest BCUT2D eigenvalue weighted by Gasteiger charge is -2.19. The molecule has 2 rings (SSSR count). The second-order valence-electron chi connectivity index (χ2n) is 3.97. The standard InChI is InChI=1S/C14H12BrClFNO/c15-10-3-1-2-9(6-10)14(8-18)19-13-5-4-11(17)7-12(13)16/h1-7,14H,8,18H2. The van der Waals surface area contributed by atoms with Crippen molar-refractivity contribution < 1.29 is 9.13 Å². The van der Waals surface area contributed by atoms with E-state index in [1.54, 1.807) is 0 Å². The van der Waals surface area contributed by atoms with E-state index in [4.69, 9.17) is 22.1 Å². The van der Waals surface area contributed by atoms with E-state index in [1.165, 1.54) is 18.2 Å². The molecule has 0 saturated carbocycles. The highest BCUT2D eigenvalue weighted by Gasteiger charge is 2.14. The second-order valence-corrected chi connectivity index (χ2v) is 5.29. The van der Waals surface area contributed by atoms with Gasteiger partial charge in [-0.05, 0) is 35.9 Å². The predicted octanol–water partition coefficient (Wildman–Crippen LogP) is 4.32. The van der Waals surface area contributed by atoms with Crippen molar-refractivity contribution in [3.8, 4) is 5.75 Å². The van der Waals surface area contributed by atoms with Crippen LogP contribution in [0.15, 0.2) is 46.9 Å². The summed E-state index contributed by atoms with van der Waals surface area (Å²) in [5.41, 5.74) is 6.65. The lowest BCUT2D eigenvalue weighted by molar-refractivity contribution is 0.214. The van der Waals surface area contributed by atoms with Crippen molar-refractivity contribution in [2.45, 2.75) is 6.10 Å². The molecule has 0 amide bonds. The van der Waals surface area contributed by atoms with Gasteiger partial charge in [-0.2, -0.15) is 0 Å². The topological polar surface area (TPSA) is 35.2 Å². The normalized spacial score (nSPS) is 12.2. The van der Waals surface area contributed by atoms with E-state index < -0.39 is 5.82 Å². The zero-order chi connectivity index (χ0) is 13.8.